The number of hydrogen-bond donors (Lipinski definition) is 1. The maximum absolute atomic E-state index is 12.8. The van der Waals surface area contributed by atoms with Crippen LogP contribution in [0.5, 0.6) is 0 Å². The highest BCUT2D eigenvalue weighted by Gasteiger charge is 2.33. The molecule has 0 aliphatic carbocycles. The van der Waals surface area contributed by atoms with E-state index >= 15 is 0 Å². The Kier molecular flexibility index (Phi) is 8.78. The SMILES string of the molecule is CC1C(=O)N(CCCCN2CCC(O)CC2)CCN1C(=O)/C=C/c1ccc(Cl)c(Cl)c1. The molecule has 2 saturated heterocycles. The fourth-order valence-corrected chi connectivity index (χ4v) is 4.42. The minimum absolute atomic E-state index is 0.00336. The van der Waals surface area contributed by atoms with Crippen LogP contribution in [0.4, 0.5) is 0 Å². The van der Waals surface area contributed by atoms with E-state index in [0.29, 0.717) is 23.1 Å². The third-order valence-electron chi connectivity index (χ3n) is 6.10. The zero-order chi connectivity index (χ0) is 22.4. The van der Waals surface area contributed by atoms with Gasteiger partial charge < -0.3 is 19.8 Å². The second-order valence-electron chi connectivity index (χ2n) is 8.32. The van der Waals surface area contributed by atoms with Gasteiger partial charge in [-0.05, 0) is 62.9 Å². The second kappa shape index (κ2) is 11.3. The Bertz CT molecular complexity index is 809. The molecule has 1 atom stereocenters. The first-order valence-corrected chi connectivity index (χ1v) is 11.7. The first-order valence-electron chi connectivity index (χ1n) is 11.0. The van der Waals surface area contributed by atoms with E-state index in [4.69, 9.17) is 23.2 Å². The molecule has 2 fully saturated rings. The number of amides is 2. The number of benzene rings is 1. The van der Waals surface area contributed by atoms with Gasteiger partial charge in [-0.2, -0.15) is 0 Å². The smallest absolute Gasteiger partial charge is 0.247 e. The molecule has 8 heteroatoms. The van der Waals surface area contributed by atoms with Gasteiger partial charge in [-0.15, -0.1) is 0 Å². The number of piperidine rings is 1. The van der Waals surface area contributed by atoms with E-state index in [-0.39, 0.29) is 17.9 Å². The van der Waals surface area contributed by atoms with E-state index in [0.717, 1.165) is 57.4 Å². The number of rotatable bonds is 7. The third kappa shape index (κ3) is 6.69. The van der Waals surface area contributed by atoms with Crippen LogP contribution in [0.2, 0.25) is 10.0 Å². The fraction of sp³-hybridized carbons (Fsp3) is 0.565. The van der Waals surface area contributed by atoms with Gasteiger partial charge in [0.15, 0.2) is 0 Å². The van der Waals surface area contributed by atoms with Gasteiger partial charge in [0.2, 0.25) is 11.8 Å². The number of hydrogen-bond acceptors (Lipinski definition) is 4. The molecular formula is C23H31Cl2N3O3. The number of carbonyl (C=O) groups is 2. The normalized spacial score (nSPS) is 21.3. The fourth-order valence-electron chi connectivity index (χ4n) is 4.11. The molecule has 0 saturated carbocycles. The average molecular weight is 468 g/mol. The van der Waals surface area contributed by atoms with E-state index in [1.165, 1.54) is 6.08 Å². The van der Waals surface area contributed by atoms with E-state index in [9.17, 15) is 14.7 Å². The molecular weight excluding hydrogens is 437 g/mol. The largest absolute Gasteiger partial charge is 0.393 e. The molecule has 2 heterocycles. The number of nitrogens with zero attached hydrogens (tertiary/aromatic N) is 3. The summed E-state index contributed by atoms with van der Waals surface area (Å²) in [5, 5.41) is 10.5. The molecule has 0 spiro atoms. The molecule has 31 heavy (non-hydrogen) atoms. The highest BCUT2D eigenvalue weighted by Crippen LogP contribution is 2.23. The van der Waals surface area contributed by atoms with Crippen LogP contribution in [0, 0.1) is 0 Å². The number of aliphatic hydroxyl groups is 1. The number of carbonyl (C=O) groups excluding carboxylic acids is 2. The molecule has 1 aromatic carbocycles. The summed E-state index contributed by atoms with van der Waals surface area (Å²) in [6.07, 6.45) is 6.71. The lowest BCUT2D eigenvalue weighted by atomic mass is 10.1. The molecule has 2 aliphatic rings. The minimum Gasteiger partial charge on any atom is -0.393 e. The Balaban J connectivity index is 1.43. The van der Waals surface area contributed by atoms with Crippen molar-refractivity contribution in [1.29, 1.82) is 0 Å². The predicted molar refractivity (Wildman–Crippen MR) is 124 cm³/mol. The van der Waals surface area contributed by atoms with Crippen molar-refractivity contribution in [3.05, 3.63) is 39.9 Å². The third-order valence-corrected chi connectivity index (χ3v) is 6.84. The maximum Gasteiger partial charge on any atom is 0.247 e. The van der Waals surface area contributed by atoms with Crippen LogP contribution in [-0.2, 0) is 9.59 Å². The summed E-state index contributed by atoms with van der Waals surface area (Å²) < 4.78 is 0. The summed E-state index contributed by atoms with van der Waals surface area (Å²) in [5.41, 5.74) is 0.781. The van der Waals surface area contributed by atoms with Crippen LogP contribution in [0.3, 0.4) is 0 Å². The van der Waals surface area contributed by atoms with Crippen LogP contribution in [-0.4, -0.2) is 83.0 Å². The monoisotopic (exact) mass is 467 g/mol. The highest BCUT2D eigenvalue weighted by atomic mass is 35.5. The molecule has 1 aromatic rings. The van der Waals surface area contributed by atoms with Gasteiger partial charge in [-0.1, -0.05) is 29.3 Å². The van der Waals surface area contributed by atoms with Gasteiger partial charge in [0.1, 0.15) is 6.04 Å². The van der Waals surface area contributed by atoms with Gasteiger partial charge in [-0.25, -0.2) is 0 Å². The standard InChI is InChI=1S/C23H31Cl2N3O3/c1-17-23(31)27(11-3-2-10-26-12-8-19(29)9-13-26)14-15-28(17)22(30)7-5-18-4-6-20(24)21(25)16-18/h4-7,16-17,19,29H,2-3,8-15H2,1H3/b7-5+. The summed E-state index contributed by atoms with van der Waals surface area (Å²) in [6.45, 7) is 6.52. The molecule has 2 aliphatic heterocycles. The first kappa shape index (κ1) is 24.1. The van der Waals surface area contributed by atoms with Gasteiger partial charge in [-0.3, -0.25) is 9.59 Å². The summed E-state index contributed by atoms with van der Waals surface area (Å²) >= 11 is 11.9. The van der Waals surface area contributed by atoms with Crippen LogP contribution >= 0.6 is 23.2 Å². The van der Waals surface area contributed by atoms with Crippen molar-refractivity contribution in [3.8, 4) is 0 Å². The molecule has 3 rings (SSSR count). The van der Waals surface area contributed by atoms with Gasteiger partial charge in [0.25, 0.3) is 0 Å². The molecule has 0 aromatic heterocycles. The Morgan fingerprint density at radius 1 is 1.10 bits per heavy atom. The van der Waals surface area contributed by atoms with Crippen LogP contribution < -0.4 is 0 Å². The number of halogens is 2. The lowest BCUT2D eigenvalue weighted by Gasteiger charge is -2.39. The molecule has 1 unspecified atom stereocenters. The van der Waals surface area contributed by atoms with Crippen molar-refractivity contribution >= 4 is 41.1 Å². The summed E-state index contributed by atoms with van der Waals surface area (Å²) in [5.74, 6) is -0.178. The Labute approximate surface area is 194 Å². The van der Waals surface area contributed by atoms with Crippen LogP contribution in [0.25, 0.3) is 6.08 Å². The molecule has 0 bridgehead atoms. The zero-order valence-electron chi connectivity index (χ0n) is 18.0. The van der Waals surface area contributed by atoms with Gasteiger partial charge in [0, 0.05) is 38.8 Å². The quantitative estimate of drug-likeness (QED) is 0.493. The maximum atomic E-state index is 12.8. The first-order chi connectivity index (χ1) is 14.8. The Hall–Kier alpha value is -1.60. The van der Waals surface area contributed by atoms with Crippen LogP contribution in [0.15, 0.2) is 24.3 Å². The Morgan fingerprint density at radius 3 is 2.52 bits per heavy atom. The number of unbranched alkanes of at least 4 members (excludes halogenated alkanes) is 1. The lowest BCUT2D eigenvalue weighted by molar-refractivity contribution is -0.148. The average Bonchev–Trinajstić information content (AvgIpc) is 2.76. The van der Waals surface area contributed by atoms with E-state index < -0.39 is 6.04 Å². The van der Waals surface area contributed by atoms with Crippen molar-refractivity contribution in [3.63, 3.8) is 0 Å². The van der Waals surface area contributed by atoms with Gasteiger partial charge in [0.05, 0.1) is 16.1 Å². The molecule has 2 amide bonds. The number of likely N-dealkylation sites (tertiary alicyclic amines) is 1. The Morgan fingerprint density at radius 2 is 1.81 bits per heavy atom. The molecule has 0 radical (unpaired) electrons. The van der Waals surface area contributed by atoms with Crippen LogP contribution in [0.1, 0.15) is 38.2 Å². The van der Waals surface area contributed by atoms with Crippen molar-refractivity contribution in [2.24, 2.45) is 0 Å². The lowest BCUT2D eigenvalue weighted by Crippen LogP contribution is -2.57. The zero-order valence-corrected chi connectivity index (χ0v) is 19.5. The minimum atomic E-state index is -0.469. The highest BCUT2D eigenvalue weighted by molar-refractivity contribution is 6.42. The summed E-state index contributed by atoms with van der Waals surface area (Å²) in [6, 6.07) is 4.71. The van der Waals surface area contributed by atoms with Crippen molar-refractivity contribution in [1.82, 2.24) is 14.7 Å². The van der Waals surface area contributed by atoms with E-state index in [1.807, 2.05) is 4.90 Å². The number of piperazine rings is 1. The number of aliphatic hydroxyl groups excluding tert-OH is 1. The summed E-state index contributed by atoms with van der Waals surface area (Å²) in [4.78, 5) is 31.3. The molecule has 1 N–H and O–H groups in total. The van der Waals surface area contributed by atoms with Crippen molar-refractivity contribution in [2.45, 2.75) is 44.8 Å². The second-order valence-corrected chi connectivity index (χ2v) is 9.13. The molecule has 6 nitrogen and oxygen atoms in total. The van der Waals surface area contributed by atoms with E-state index in [1.54, 1.807) is 36.1 Å². The van der Waals surface area contributed by atoms with Gasteiger partial charge >= 0.3 is 0 Å². The van der Waals surface area contributed by atoms with Crippen molar-refractivity contribution < 1.29 is 14.7 Å². The molecule has 170 valence electrons. The van der Waals surface area contributed by atoms with E-state index in [2.05, 4.69) is 4.90 Å². The summed E-state index contributed by atoms with van der Waals surface area (Å²) in [7, 11) is 0. The predicted octanol–water partition coefficient (Wildman–Crippen LogP) is 3.30. The van der Waals surface area contributed by atoms with Crippen molar-refractivity contribution in [2.75, 3.05) is 39.3 Å². The topological polar surface area (TPSA) is 64.1 Å².